The molecule has 7 heteroatoms. The zero-order valence-electron chi connectivity index (χ0n) is 12.3. The molecule has 0 aromatic heterocycles. The summed E-state index contributed by atoms with van der Waals surface area (Å²) in [5.74, 6) is -0.165. The maximum Gasteiger partial charge on any atom is 0.271 e. The van der Waals surface area contributed by atoms with Crippen molar-refractivity contribution in [1.82, 2.24) is 0 Å². The SMILES string of the molecule is CC(=O)c1cccc(OCC(=O)Nc2cccc([N+](=O)[O-])c2)c1. The van der Waals surface area contributed by atoms with E-state index in [2.05, 4.69) is 5.32 Å². The first-order chi connectivity index (χ1) is 11.0. The number of benzene rings is 2. The zero-order chi connectivity index (χ0) is 16.8. The van der Waals surface area contributed by atoms with E-state index in [9.17, 15) is 19.7 Å². The third kappa shape index (κ3) is 4.63. The number of amides is 1. The number of hydrogen-bond acceptors (Lipinski definition) is 5. The minimum absolute atomic E-state index is 0.100. The summed E-state index contributed by atoms with van der Waals surface area (Å²) >= 11 is 0. The molecule has 2 aromatic rings. The number of ketones is 1. The first-order valence-corrected chi connectivity index (χ1v) is 6.74. The normalized spacial score (nSPS) is 9.96. The van der Waals surface area contributed by atoms with Gasteiger partial charge in [0, 0.05) is 23.4 Å². The Hall–Kier alpha value is -3.22. The highest BCUT2D eigenvalue weighted by molar-refractivity contribution is 5.94. The highest BCUT2D eigenvalue weighted by Gasteiger charge is 2.09. The average Bonchev–Trinajstić information content (AvgIpc) is 2.53. The van der Waals surface area contributed by atoms with Crippen molar-refractivity contribution in [3.63, 3.8) is 0 Å². The van der Waals surface area contributed by atoms with Crippen molar-refractivity contribution < 1.29 is 19.2 Å². The van der Waals surface area contributed by atoms with E-state index in [1.165, 1.54) is 25.1 Å². The van der Waals surface area contributed by atoms with Crippen LogP contribution in [0.25, 0.3) is 0 Å². The zero-order valence-corrected chi connectivity index (χ0v) is 12.3. The number of anilines is 1. The Labute approximate surface area is 132 Å². The number of carbonyl (C=O) groups excluding carboxylic acids is 2. The van der Waals surface area contributed by atoms with Crippen molar-refractivity contribution in [2.45, 2.75) is 6.92 Å². The van der Waals surface area contributed by atoms with Crippen LogP contribution in [0.1, 0.15) is 17.3 Å². The number of ether oxygens (including phenoxy) is 1. The van der Waals surface area contributed by atoms with Crippen LogP contribution in [0, 0.1) is 10.1 Å². The van der Waals surface area contributed by atoms with E-state index >= 15 is 0 Å². The van der Waals surface area contributed by atoms with Crippen LogP contribution >= 0.6 is 0 Å². The number of nitro benzene ring substituents is 1. The van der Waals surface area contributed by atoms with Crippen molar-refractivity contribution in [2.24, 2.45) is 0 Å². The van der Waals surface area contributed by atoms with Crippen molar-refractivity contribution in [3.05, 3.63) is 64.2 Å². The largest absolute Gasteiger partial charge is 0.484 e. The van der Waals surface area contributed by atoms with Crippen molar-refractivity contribution >= 4 is 23.1 Å². The molecular weight excluding hydrogens is 300 g/mol. The molecule has 7 nitrogen and oxygen atoms in total. The second kappa shape index (κ2) is 7.17. The summed E-state index contributed by atoms with van der Waals surface area (Å²) in [6.07, 6.45) is 0. The minimum atomic E-state index is -0.542. The fourth-order valence-corrected chi connectivity index (χ4v) is 1.85. The second-order valence-corrected chi connectivity index (χ2v) is 4.73. The van der Waals surface area contributed by atoms with Crippen LogP contribution in [0.2, 0.25) is 0 Å². The summed E-state index contributed by atoms with van der Waals surface area (Å²) in [6.45, 7) is 1.16. The topological polar surface area (TPSA) is 98.5 Å². The van der Waals surface area contributed by atoms with Gasteiger partial charge >= 0.3 is 0 Å². The highest BCUT2D eigenvalue weighted by Crippen LogP contribution is 2.17. The molecule has 0 aliphatic carbocycles. The van der Waals surface area contributed by atoms with E-state index < -0.39 is 10.8 Å². The molecule has 0 fully saturated rings. The van der Waals surface area contributed by atoms with E-state index in [1.54, 1.807) is 30.3 Å². The summed E-state index contributed by atoms with van der Waals surface area (Å²) < 4.78 is 5.31. The van der Waals surface area contributed by atoms with Crippen LogP contribution < -0.4 is 10.1 Å². The van der Waals surface area contributed by atoms with Gasteiger partial charge in [-0.1, -0.05) is 18.2 Å². The smallest absolute Gasteiger partial charge is 0.271 e. The molecule has 2 rings (SSSR count). The molecule has 0 bridgehead atoms. The number of hydrogen-bond donors (Lipinski definition) is 1. The third-order valence-electron chi connectivity index (χ3n) is 2.95. The van der Waals surface area contributed by atoms with Crippen molar-refractivity contribution in [1.29, 1.82) is 0 Å². The molecule has 0 heterocycles. The molecular formula is C16H14N2O5. The van der Waals surface area contributed by atoms with E-state index in [1.807, 2.05) is 0 Å². The summed E-state index contributed by atoms with van der Waals surface area (Å²) in [4.78, 5) is 33.2. The van der Waals surface area contributed by atoms with E-state index in [4.69, 9.17) is 4.74 Å². The van der Waals surface area contributed by atoms with Gasteiger partial charge in [-0.15, -0.1) is 0 Å². The lowest BCUT2D eigenvalue weighted by atomic mass is 10.1. The van der Waals surface area contributed by atoms with Gasteiger partial charge in [0.05, 0.1) is 4.92 Å². The van der Waals surface area contributed by atoms with Crippen LogP contribution in [0.3, 0.4) is 0 Å². The Morgan fingerprint density at radius 2 is 1.91 bits per heavy atom. The van der Waals surface area contributed by atoms with Crippen LogP contribution in [0.4, 0.5) is 11.4 Å². The van der Waals surface area contributed by atoms with Crippen LogP contribution in [0.5, 0.6) is 5.75 Å². The molecule has 0 unspecified atom stereocenters. The molecule has 2 aromatic carbocycles. The lowest BCUT2D eigenvalue weighted by molar-refractivity contribution is -0.384. The van der Waals surface area contributed by atoms with Gasteiger partial charge in [0.15, 0.2) is 12.4 Å². The number of non-ortho nitro benzene ring substituents is 1. The van der Waals surface area contributed by atoms with Crippen LogP contribution in [-0.2, 0) is 4.79 Å². The molecule has 1 amide bonds. The van der Waals surface area contributed by atoms with Crippen molar-refractivity contribution in [2.75, 3.05) is 11.9 Å². The molecule has 0 aliphatic rings. The number of nitro groups is 1. The Morgan fingerprint density at radius 1 is 1.17 bits per heavy atom. The van der Waals surface area contributed by atoms with Gasteiger partial charge in [-0.3, -0.25) is 19.7 Å². The summed E-state index contributed by atoms with van der Waals surface area (Å²) in [6, 6.07) is 12.1. The third-order valence-corrected chi connectivity index (χ3v) is 2.95. The Bertz CT molecular complexity index is 758. The van der Waals surface area contributed by atoms with E-state index in [0.717, 1.165) is 0 Å². The molecule has 23 heavy (non-hydrogen) atoms. The van der Waals surface area contributed by atoms with Gasteiger partial charge in [0.2, 0.25) is 0 Å². The fraction of sp³-hybridized carbons (Fsp3) is 0.125. The summed E-state index contributed by atoms with van der Waals surface area (Å²) in [5, 5.41) is 13.2. The number of rotatable bonds is 6. The van der Waals surface area contributed by atoms with Gasteiger partial charge in [-0.05, 0) is 25.1 Å². The van der Waals surface area contributed by atoms with Gasteiger partial charge in [-0.2, -0.15) is 0 Å². The maximum atomic E-state index is 11.8. The lowest BCUT2D eigenvalue weighted by Crippen LogP contribution is -2.20. The average molecular weight is 314 g/mol. The molecule has 0 spiro atoms. The predicted molar refractivity (Wildman–Crippen MR) is 83.7 cm³/mol. The van der Waals surface area contributed by atoms with Gasteiger partial charge in [-0.25, -0.2) is 0 Å². The lowest BCUT2D eigenvalue weighted by Gasteiger charge is -2.08. The molecule has 0 radical (unpaired) electrons. The first kappa shape index (κ1) is 16.2. The standard InChI is InChI=1S/C16H14N2O5/c1-11(19)12-4-2-7-15(8-12)23-10-16(20)17-13-5-3-6-14(9-13)18(21)22/h2-9H,10H2,1H3,(H,17,20). The highest BCUT2D eigenvalue weighted by atomic mass is 16.6. The number of nitrogens with zero attached hydrogens (tertiary/aromatic N) is 1. The Balaban J connectivity index is 1.95. The molecule has 0 saturated heterocycles. The van der Waals surface area contributed by atoms with E-state index in [0.29, 0.717) is 17.0 Å². The number of Topliss-reactive ketones (excluding diaryl/α,β-unsaturated/α-hetero) is 1. The maximum absolute atomic E-state index is 11.8. The van der Waals surface area contributed by atoms with Crippen LogP contribution in [-0.4, -0.2) is 23.2 Å². The van der Waals surface area contributed by atoms with Crippen LogP contribution in [0.15, 0.2) is 48.5 Å². The Morgan fingerprint density at radius 3 is 2.61 bits per heavy atom. The Kier molecular flexibility index (Phi) is 5.03. The van der Waals surface area contributed by atoms with Gasteiger partial charge in [0.25, 0.3) is 11.6 Å². The van der Waals surface area contributed by atoms with E-state index in [-0.39, 0.29) is 18.1 Å². The molecule has 0 atom stereocenters. The number of nitrogens with one attached hydrogen (secondary N) is 1. The minimum Gasteiger partial charge on any atom is -0.484 e. The first-order valence-electron chi connectivity index (χ1n) is 6.74. The quantitative estimate of drug-likeness (QED) is 0.502. The van der Waals surface area contributed by atoms with Gasteiger partial charge < -0.3 is 10.1 Å². The van der Waals surface area contributed by atoms with Crippen molar-refractivity contribution in [3.8, 4) is 5.75 Å². The molecule has 1 N–H and O–H groups in total. The monoisotopic (exact) mass is 314 g/mol. The molecule has 0 aliphatic heterocycles. The summed E-state index contributed by atoms with van der Waals surface area (Å²) in [7, 11) is 0. The second-order valence-electron chi connectivity index (χ2n) is 4.73. The molecule has 118 valence electrons. The van der Waals surface area contributed by atoms with Gasteiger partial charge in [0.1, 0.15) is 5.75 Å². The predicted octanol–water partition coefficient (Wildman–Crippen LogP) is 2.81. The molecule has 0 saturated carbocycles. The number of carbonyl (C=O) groups is 2. The fourth-order valence-electron chi connectivity index (χ4n) is 1.85. The summed E-state index contributed by atoms with van der Waals surface area (Å²) in [5.41, 5.74) is 0.685.